The average molecular weight is 206 g/mol. The van der Waals surface area contributed by atoms with Crippen molar-refractivity contribution in [2.75, 3.05) is 6.61 Å². The molecule has 15 heavy (non-hydrogen) atoms. The second-order valence-electron chi connectivity index (χ2n) is 3.87. The van der Waals surface area contributed by atoms with Crippen LogP contribution >= 0.6 is 0 Å². The van der Waals surface area contributed by atoms with Crippen LogP contribution in [-0.4, -0.2) is 17.7 Å². The number of hydrogen-bond donors (Lipinski definition) is 1. The van der Waals surface area contributed by atoms with Crippen LogP contribution in [0.15, 0.2) is 18.2 Å². The first-order valence-electron chi connectivity index (χ1n) is 5.15. The van der Waals surface area contributed by atoms with Crippen LogP contribution in [0.5, 0.6) is 5.75 Å². The summed E-state index contributed by atoms with van der Waals surface area (Å²) in [6.45, 7) is 2.56. The lowest BCUT2D eigenvalue weighted by atomic mass is 9.93. The molecule has 0 fully saturated rings. The van der Waals surface area contributed by atoms with Gasteiger partial charge in [-0.15, -0.1) is 0 Å². The van der Waals surface area contributed by atoms with Gasteiger partial charge in [0.1, 0.15) is 5.75 Å². The van der Waals surface area contributed by atoms with E-state index >= 15 is 0 Å². The molecule has 1 N–H and O–H groups in total. The van der Waals surface area contributed by atoms with E-state index in [0.717, 1.165) is 23.3 Å². The molecule has 1 heterocycles. The molecular weight excluding hydrogens is 192 g/mol. The molecule has 0 aliphatic carbocycles. The number of para-hydroxylation sites is 1. The molecule has 3 nitrogen and oxygen atoms in total. The molecule has 0 radical (unpaired) electrons. The van der Waals surface area contributed by atoms with Crippen molar-refractivity contribution in [3.63, 3.8) is 0 Å². The number of hydrogen-bond acceptors (Lipinski definition) is 2. The highest BCUT2D eigenvalue weighted by atomic mass is 16.5. The summed E-state index contributed by atoms with van der Waals surface area (Å²) in [5, 5.41) is 9.15. The molecule has 0 spiro atoms. The number of aliphatic carboxylic acids is 1. The summed E-state index contributed by atoms with van der Waals surface area (Å²) < 4.78 is 5.60. The van der Waals surface area contributed by atoms with Gasteiger partial charge in [0.15, 0.2) is 0 Å². The number of carboxylic acid groups (broad SMARTS) is 1. The van der Waals surface area contributed by atoms with Crippen LogP contribution in [0.3, 0.4) is 0 Å². The number of ether oxygens (including phenoxy) is 1. The topological polar surface area (TPSA) is 46.5 Å². The first-order chi connectivity index (χ1) is 7.20. The van der Waals surface area contributed by atoms with Gasteiger partial charge in [-0.2, -0.15) is 0 Å². The highest BCUT2D eigenvalue weighted by molar-refractivity contribution is 5.77. The number of aryl methyl sites for hydroxylation is 1. The van der Waals surface area contributed by atoms with Crippen LogP contribution in [0.1, 0.15) is 29.9 Å². The zero-order chi connectivity index (χ0) is 10.8. The third kappa shape index (κ3) is 1.82. The molecule has 1 aliphatic rings. The highest BCUT2D eigenvalue weighted by Crippen LogP contribution is 2.35. The summed E-state index contributed by atoms with van der Waals surface area (Å²) in [6.07, 6.45) is 1.46. The van der Waals surface area contributed by atoms with Crippen LogP contribution in [0, 0.1) is 6.92 Å². The summed E-state index contributed by atoms with van der Waals surface area (Å²) in [5.74, 6) is -0.405. The zero-order valence-electron chi connectivity index (χ0n) is 8.69. The third-order valence-electron chi connectivity index (χ3n) is 2.80. The van der Waals surface area contributed by atoms with Crippen LogP contribution < -0.4 is 4.74 Å². The second-order valence-corrected chi connectivity index (χ2v) is 3.87. The van der Waals surface area contributed by atoms with E-state index in [-0.39, 0.29) is 0 Å². The lowest BCUT2D eigenvalue weighted by Crippen LogP contribution is -2.11. The van der Waals surface area contributed by atoms with Gasteiger partial charge in [0, 0.05) is 5.56 Å². The first kappa shape index (κ1) is 10.0. The monoisotopic (exact) mass is 206 g/mol. The maximum absolute atomic E-state index is 11.1. The molecular formula is C12H14O3. The normalized spacial score (nSPS) is 19.9. The Hall–Kier alpha value is -1.51. The van der Waals surface area contributed by atoms with Crippen LogP contribution in [0.25, 0.3) is 0 Å². The Bertz CT molecular complexity index is 384. The standard InChI is InChI=1S/C12H14O3/c1-8-4-2-5-9-10(12(13)14)6-3-7-15-11(8)9/h2,4-5,10H,3,6-7H2,1H3,(H,13,14). The Morgan fingerprint density at radius 3 is 3.07 bits per heavy atom. The van der Waals surface area contributed by atoms with Crippen molar-refractivity contribution in [1.29, 1.82) is 0 Å². The minimum absolute atomic E-state index is 0.414. The van der Waals surface area contributed by atoms with Crippen LogP contribution in [0.4, 0.5) is 0 Å². The minimum Gasteiger partial charge on any atom is -0.493 e. The Kier molecular flexibility index (Phi) is 2.62. The van der Waals surface area contributed by atoms with Crippen molar-refractivity contribution in [3.8, 4) is 5.75 Å². The van der Waals surface area contributed by atoms with Gasteiger partial charge in [0.2, 0.25) is 0 Å². The van der Waals surface area contributed by atoms with Gasteiger partial charge in [-0.3, -0.25) is 4.79 Å². The summed E-state index contributed by atoms with van der Waals surface area (Å²) in [7, 11) is 0. The Morgan fingerprint density at radius 1 is 1.53 bits per heavy atom. The molecule has 80 valence electrons. The second kappa shape index (κ2) is 3.93. The predicted octanol–water partition coefficient (Wildman–Crippen LogP) is 2.34. The fourth-order valence-corrected chi connectivity index (χ4v) is 2.02. The van der Waals surface area contributed by atoms with Crippen molar-refractivity contribution in [1.82, 2.24) is 0 Å². The van der Waals surface area contributed by atoms with Crippen LogP contribution in [0.2, 0.25) is 0 Å². The van der Waals surface area contributed by atoms with Crippen LogP contribution in [-0.2, 0) is 4.79 Å². The molecule has 3 heteroatoms. The molecule has 0 amide bonds. The van der Waals surface area contributed by atoms with E-state index < -0.39 is 11.9 Å². The predicted molar refractivity (Wildman–Crippen MR) is 56.3 cm³/mol. The third-order valence-corrected chi connectivity index (χ3v) is 2.80. The highest BCUT2D eigenvalue weighted by Gasteiger charge is 2.26. The fraction of sp³-hybridized carbons (Fsp3) is 0.417. The molecule has 2 rings (SSSR count). The number of rotatable bonds is 1. The van der Waals surface area contributed by atoms with Gasteiger partial charge in [-0.05, 0) is 25.3 Å². The van der Waals surface area contributed by atoms with Crippen molar-refractivity contribution in [2.45, 2.75) is 25.7 Å². The van der Waals surface area contributed by atoms with Gasteiger partial charge < -0.3 is 9.84 Å². The Balaban J connectivity index is 2.49. The summed E-state index contributed by atoms with van der Waals surface area (Å²) in [6, 6.07) is 5.69. The van der Waals surface area contributed by atoms with E-state index in [2.05, 4.69) is 0 Å². The Morgan fingerprint density at radius 2 is 2.33 bits per heavy atom. The van der Waals surface area contributed by atoms with Crippen molar-refractivity contribution >= 4 is 5.97 Å². The lowest BCUT2D eigenvalue weighted by Gasteiger charge is -2.13. The van der Waals surface area contributed by atoms with Crippen molar-refractivity contribution in [2.24, 2.45) is 0 Å². The number of carbonyl (C=O) groups is 1. The lowest BCUT2D eigenvalue weighted by molar-refractivity contribution is -0.138. The van der Waals surface area contributed by atoms with Gasteiger partial charge in [-0.1, -0.05) is 18.2 Å². The molecule has 0 saturated carbocycles. The van der Waals surface area contributed by atoms with E-state index in [1.165, 1.54) is 0 Å². The molecule has 0 saturated heterocycles. The van der Waals surface area contributed by atoms with E-state index in [9.17, 15) is 4.79 Å². The van der Waals surface area contributed by atoms with Gasteiger partial charge >= 0.3 is 5.97 Å². The molecule has 1 aliphatic heterocycles. The van der Waals surface area contributed by atoms with Gasteiger partial charge in [0.25, 0.3) is 0 Å². The minimum atomic E-state index is -0.757. The smallest absolute Gasteiger partial charge is 0.311 e. The zero-order valence-corrected chi connectivity index (χ0v) is 8.69. The largest absolute Gasteiger partial charge is 0.493 e. The molecule has 0 aromatic heterocycles. The van der Waals surface area contributed by atoms with E-state index in [0.29, 0.717) is 13.0 Å². The number of benzene rings is 1. The summed E-state index contributed by atoms with van der Waals surface area (Å²) >= 11 is 0. The average Bonchev–Trinajstić information content (AvgIpc) is 2.40. The molecule has 1 atom stereocenters. The number of carboxylic acids is 1. The molecule has 1 aromatic carbocycles. The molecule has 1 unspecified atom stereocenters. The first-order valence-corrected chi connectivity index (χ1v) is 5.15. The molecule has 0 bridgehead atoms. The fourth-order valence-electron chi connectivity index (χ4n) is 2.02. The van der Waals surface area contributed by atoms with Crippen molar-refractivity contribution < 1.29 is 14.6 Å². The SMILES string of the molecule is Cc1cccc2c1OCCCC2C(=O)O. The molecule has 1 aromatic rings. The van der Waals surface area contributed by atoms with E-state index in [4.69, 9.17) is 9.84 Å². The maximum atomic E-state index is 11.1. The summed E-state index contributed by atoms with van der Waals surface area (Å²) in [4.78, 5) is 11.1. The van der Waals surface area contributed by atoms with Gasteiger partial charge in [-0.25, -0.2) is 0 Å². The van der Waals surface area contributed by atoms with Crippen molar-refractivity contribution in [3.05, 3.63) is 29.3 Å². The van der Waals surface area contributed by atoms with E-state index in [1.807, 2.05) is 25.1 Å². The van der Waals surface area contributed by atoms with E-state index in [1.54, 1.807) is 0 Å². The quantitative estimate of drug-likeness (QED) is 0.767. The summed E-state index contributed by atoms with van der Waals surface area (Å²) in [5.41, 5.74) is 1.83. The maximum Gasteiger partial charge on any atom is 0.311 e. The van der Waals surface area contributed by atoms with Gasteiger partial charge in [0.05, 0.1) is 12.5 Å². The Labute approximate surface area is 88.7 Å². The number of fused-ring (bicyclic) bond motifs is 1.